The molecule has 0 fully saturated rings. The minimum atomic E-state index is -0.793. The first-order valence-corrected chi connectivity index (χ1v) is 3.32. The van der Waals surface area contributed by atoms with E-state index in [4.69, 9.17) is 5.11 Å². The van der Waals surface area contributed by atoms with E-state index in [0.29, 0.717) is 12.8 Å². The summed E-state index contributed by atoms with van der Waals surface area (Å²) in [6.07, 6.45) is 2.12. The average Bonchev–Trinajstić information content (AvgIpc) is 1.82. The second-order valence-corrected chi connectivity index (χ2v) is 2.45. The molecule has 0 aliphatic heterocycles. The Bertz CT molecular complexity index is 120. The van der Waals surface area contributed by atoms with Gasteiger partial charge in [0.15, 0.2) is 0 Å². The largest absolute Gasteiger partial charge is 0.481 e. The van der Waals surface area contributed by atoms with E-state index in [-0.39, 0.29) is 12.3 Å². The van der Waals surface area contributed by atoms with Crippen molar-refractivity contribution in [2.24, 2.45) is 5.92 Å². The third-order valence-corrected chi connectivity index (χ3v) is 1.30. The number of carbonyl (C=O) groups is 2. The van der Waals surface area contributed by atoms with Gasteiger partial charge in [-0.15, -0.1) is 0 Å². The Balaban J connectivity index is 3.33. The predicted octanol–water partition coefficient (Wildman–Crippen LogP) is 1.08. The zero-order valence-corrected chi connectivity index (χ0v) is 6.04. The Morgan fingerprint density at radius 1 is 1.70 bits per heavy atom. The molecular formula is C7H12O3. The quantitative estimate of drug-likeness (QED) is 0.587. The molecule has 58 valence electrons. The minimum absolute atomic E-state index is 0.114. The lowest BCUT2D eigenvalue weighted by Crippen LogP contribution is -2.03. The highest BCUT2D eigenvalue weighted by Crippen LogP contribution is 2.08. The third-order valence-electron chi connectivity index (χ3n) is 1.30. The van der Waals surface area contributed by atoms with Gasteiger partial charge in [0, 0.05) is 12.8 Å². The van der Waals surface area contributed by atoms with Crippen molar-refractivity contribution in [2.75, 3.05) is 0 Å². The molecule has 0 aromatic heterocycles. The van der Waals surface area contributed by atoms with Gasteiger partial charge in [0.1, 0.15) is 6.29 Å². The molecule has 1 N–H and O–H groups in total. The van der Waals surface area contributed by atoms with Gasteiger partial charge >= 0.3 is 5.97 Å². The van der Waals surface area contributed by atoms with E-state index in [9.17, 15) is 9.59 Å². The number of aldehydes is 1. The van der Waals surface area contributed by atoms with Crippen molar-refractivity contribution >= 4 is 12.3 Å². The van der Waals surface area contributed by atoms with Crippen LogP contribution in [0.25, 0.3) is 0 Å². The maximum Gasteiger partial charge on any atom is 0.303 e. The Morgan fingerprint density at radius 3 is 2.70 bits per heavy atom. The Hall–Kier alpha value is -0.860. The minimum Gasteiger partial charge on any atom is -0.481 e. The molecule has 0 rings (SSSR count). The van der Waals surface area contributed by atoms with Crippen LogP contribution >= 0.6 is 0 Å². The highest BCUT2D eigenvalue weighted by molar-refractivity contribution is 5.67. The maximum absolute atomic E-state index is 10.1. The molecule has 0 radical (unpaired) electrons. The van der Waals surface area contributed by atoms with Crippen LogP contribution in [0.1, 0.15) is 26.2 Å². The summed E-state index contributed by atoms with van der Waals surface area (Å²) in [7, 11) is 0. The lowest BCUT2D eigenvalue weighted by molar-refractivity contribution is -0.138. The van der Waals surface area contributed by atoms with Gasteiger partial charge in [0.25, 0.3) is 0 Å². The van der Waals surface area contributed by atoms with Gasteiger partial charge in [-0.25, -0.2) is 0 Å². The lowest BCUT2D eigenvalue weighted by atomic mass is 10.0. The Morgan fingerprint density at radius 2 is 2.30 bits per heavy atom. The second-order valence-electron chi connectivity index (χ2n) is 2.45. The fourth-order valence-electron chi connectivity index (χ4n) is 0.753. The van der Waals surface area contributed by atoms with Gasteiger partial charge in [0.2, 0.25) is 0 Å². The van der Waals surface area contributed by atoms with Crippen LogP contribution in [0.5, 0.6) is 0 Å². The first-order chi connectivity index (χ1) is 4.66. The van der Waals surface area contributed by atoms with Gasteiger partial charge in [-0.3, -0.25) is 4.79 Å². The zero-order chi connectivity index (χ0) is 7.98. The summed E-state index contributed by atoms with van der Waals surface area (Å²) in [6.45, 7) is 1.83. The van der Waals surface area contributed by atoms with Crippen molar-refractivity contribution < 1.29 is 14.7 Å². The van der Waals surface area contributed by atoms with Gasteiger partial charge in [-0.05, 0) is 12.3 Å². The van der Waals surface area contributed by atoms with E-state index < -0.39 is 5.97 Å². The van der Waals surface area contributed by atoms with E-state index in [2.05, 4.69) is 0 Å². The SMILES string of the molecule is C[C@H](CCC=O)CC(=O)O. The molecule has 3 nitrogen and oxygen atoms in total. The van der Waals surface area contributed by atoms with Crippen LogP contribution in [0, 0.1) is 5.92 Å². The zero-order valence-electron chi connectivity index (χ0n) is 6.04. The van der Waals surface area contributed by atoms with Crippen molar-refractivity contribution in [3.63, 3.8) is 0 Å². The van der Waals surface area contributed by atoms with Gasteiger partial charge in [-0.2, -0.15) is 0 Å². The van der Waals surface area contributed by atoms with Crippen LogP contribution in [-0.4, -0.2) is 17.4 Å². The van der Waals surface area contributed by atoms with E-state index >= 15 is 0 Å². The summed E-state index contributed by atoms with van der Waals surface area (Å²) in [6, 6.07) is 0. The van der Waals surface area contributed by atoms with Gasteiger partial charge < -0.3 is 9.90 Å². The normalized spacial score (nSPS) is 12.5. The molecule has 0 bridgehead atoms. The number of carboxylic acids is 1. The summed E-state index contributed by atoms with van der Waals surface area (Å²) in [4.78, 5) is 19.9. The highest BCUT2D eigenvalue weighted by atomic mass is 16.4. The number of hydrogen-bond acceptors (Lipinski definition) is 2. The van der Waals surface area contributed by atoms with Crippen molar-refractivity contribution in [3.05, 3.63) is 0 Å². The molecule has 0 aliphatic carbocycles. The molecule has 3 heteroatoms. The van der Waals surface area contributed by atoms with E-state index in [1.165, 1.54) is 0 Å². The van der Waals surface area contributed by atoms with Gasteiger partial charge in [0.05, 0.1) is 0 Å². The fourth-order valence-corrected chi connectivity index (χ4v) is 0.753. The maximum atomic E-state index is 10.1. The van der Waals surface area contributed by atoms with Crippen LogP contribution in [0.15, 0.2) is 0 Å². The molecule has 0 saturated carbocycles. The molecule has 10 heavy (non-hydrogen) atoms. The average molecular weight is 144 g/mol. The molecule has 0 heterocycles. The molecule has 0 unspecified atom stereocenters. The molecular weight excluding hydrogens is 132 g/mol. The summed E-state index contributed by atoms with van der Waals surface area (Å²) in [5.74, 6) is -0.680. The van der Waals surface area contributed by atoms with Crippen molar-refractivity contribution in [2.45, 2.75) is 26.2 Å². The van der Waals surface area contributed by atoms with Crippen LogP contribution in [0.3, 0.4) is 0 Å². The van der Waals surface area contributed by atoms with Crippen LogP contribution in [0.4, 0.5) is 0 Å². The fraction of sp³-hybridized carbons (Fsp3) is 0.714. The summed E-state index contributed by atoms with van der Waals surface area (Å²) in [5.41, 5.74) is 0. The molecule has 0 aromatic carbocycles. The smallest absolute Gasteiger partial charge is 0.303 e. The molecule has 0 saturated heterocycles. The molecule has 0 spiro atoms. The van der Waals surface area contributed by atoms with Gasteiger partial charge in [-0.1, -0.05) is 6.92 Å². The summed E-state index contributed by atoms with van der Waals surface area (Å²) < 4.78 is 0. The Labute approximate surface area is 60.0 Å². The standard InChI is InChI=1S/C7H12O3/c1-6(3-2-4-8)5-7(9)10/h4,6H,2-3,5H2,1H3,(H,9,10)/t6-/m1/s1. The lowest BCUT2D eigenvalue weighted by Gasteiger charge is -2.03. The van der Waals surface area contributed by atoms with Crippen molar-refractivity contribution in [3.8, 4) is 0 Å². The predicted molar refractivity (Wildman–Crippen MR) is 36.7 cm³/mol. The number of aliphatic carboxylic acids is 1. The third kappa shape index (κ3) is 5.28. The van der Waals surface area contributed by atoms with E-state index in [1.807, 2.05) is 6.92 Å². The first-order valence-electron chi connectivity index (χ1n) is 3.32. The number of hydrogen-bond donors (Lipinski definition) is 1. The number of rotatable bonds is 5. The molecule has 1 atom stereocenters. The summed E-state index contributed by atoms with van der Waals surface area (Å²) >= 11 is 0. The molecule has 0 aromatic rings. The van der Waals surface area contributed by atoms with Crippen LogP contribution < -0.4 is 0 Å². The van der Waals surface area contributed by atoms with Crippen molar-refractivity contribution in [1.29, 1.82) is 0 Å². The number of carboxylic acid groups (broad SMARTS) is 1. The second kappa shape index (κ2) is 4.97. The number of carbonyl (C=O) groups excluding carboxylic acids is 1. The van der Waals surface area contributed by atoms with Crippen molar-refractivity contribution in [1.82, 2.24) is 0 Å². The Kier molecular flexibility index (Phi) is 4.54. The topological polar surface area (TPSA) is 54.4 Å². The molecule has 0 aliphatic rings. The monoisotopic (exact) mass is 144 g/mol. The van der Waals surface area contributed by atoms with Crippen LogP contribution in [-0.2, 0) is 9.59 Å². The summed E-state index contributed by atoms with van der Waals surface area (Å²) in [5, 5.41) is 8.29. The molecule has 0 amide bonds. The first kappa shape index (κ1) is 9.14. The highest BCUT2D eigenvalue weighted by Gasteiger charge is 2.05. The van der Waals surface area contributed by atoms with E-state index in [0.717, 1.165) is 6.29 Å². The van der Waals surface area contributed by atoms with E-state index in [1.54, 1.807) is 0 Å². The van der Waals surface area contributed by atoms with Crippen LogP contribution in [0.2, 0.25) is 0 Å².